The van der Waals surface area contributed by atoms with Crippen LogP contribution in [0.15, 0.2) is 12.1 Å². The minimum absolute atomic E-state index is 0.0160. The lowest BCUT2D eigenvalue weighted by Gasteiger charge is -2.24. The monoisotopic (exact) mass is 270 g/mol. The van der Waals surface area contributed by atoms with E-state index in [1.807, 2.05) is 0 Å². The number of morpholine rings is 1. The Morgan fingerprint density at radius 2 is 2.26 bits per heavy atom. The third kappa shape index (κ3) is 3.48. The Hall–Kier alpha value is -1.53. The van der Waals surface area contributed by atoms with Gasteiger partial charge in [-0.3, -0.25) is 4.79 Å². The van der Waals surface area contributed by atoms with Gasteiger partial charge < -0.3 is 15.4 Å². The van der Waals surface area contributed by atoms with Crippen molar-refractivity contribution < 1.29 is 18.3 Å². The van der Waals surface area contributed by atoms with E-state index >= 15 is 0 Å². The molecule has 1 atom stereocenters. The average Bonchev–Trinajstić information content (AvgIpc) is 2.41. The van der Waals surface area contributed by atoms with E-state index in [0.29, 0.717) is 19.8 Å². The van der Waals surface area contributed by atoms with Gasteiger partial charge in [-0.05, 0) is 18.6 Å². The maximum atomic E-state index is 13.5. The van der Waals surface area contributed by atoms with E-state index in [-0.39, 0.29) is 17.2 Å². The number of rotatable bonds is 3. The van der Waals surface area contributed by atoms with Crippen molar-refractivity contribution in [3.63, 3.8) is 0 Å². The minimum atomic E-state index is -0.853. The number of carbonyl (C=O) groups excluding carboxylic acids is 1. The largest absolute Gasteiger partial charge is 0.378 e. The first-order valence-corrected chi connectivity index (χ1v) is 6.13. The second-order valence-electron chi connectivity index (χ2n) is 4.52. The van der Waals surface area contributed by atoms with E-state index in [9.17, 15) is 13.6 Å². The second-order valence-corrected chi connectivity index (χ2v) is 4.52. The first-order valence-electron chi connectivity index (χ1n) is 6.13. The Labute approximate surface area is 110 Å². The second kappa shape index (κ2) is 6.08. The standard InChI is InChI=1S/C13H16F2N2O2/c1-8-4-10(12(15)5-11(8)14)13(18)17-6-9-7-19-3-2-16-9/h4-5,9,16H,2-3,6-7H2,1H3,(H,17,18). The van der Waals surface area contributed by atoms with Gasteiger partial charge in [-0.15, -0.1) is 0 Å². The highest BCUT2D eigenvalue weighted by atomic mass is 19.1. The number of hydrogen-bond donors (Lipinski definition) is 2. The van der Waals surface area contributed by atoms with Crippen LogP contribution in [0.4, 0.5) is 8.78 Å². The van der Waals surface area contributed by atoms with Gasteiger partial charge in [0.05, 0.1) is 18.8 Å². The van der Waals surface area contributed by atoms with Crippen molar-refractivity contribution in [3.05, 3.63) is 34.9 Å². The molecule has 1 aliphatic heterocycles. The van der Waals surface area contributed by atoms with Crippen molar-refractivity contribution >= 4 is 5.91 Å². The number of carbonyl (C=O) groups is 1. The van der Waals surface area contributed by atoms with Crippen LogP contribution < -0.4 is 10.6 Å². The van der Waals surface area contributed by atoms with Crippen LogP contribution in [0.1, 0.15) is 15.9 Å². The molecule has 1 aromatic carbocycles. The summed E-state index contributed by atoms with van der Waals surface area (Å²) in [6.45, 7) is 3.71. The molecule has 0 radical (unpaired) electrons. The van der Waals surface area contributed by atoms with Crippen molar-refractivity contribution in [2.45, 2.75) is 13.0 Å². The molecule has 1 unspecified atom stereocenters. The minimum Gasteiger partial charge on any atom is -0.378 e. The summed E-state index contributed by atoms with van der Waals surface area (Å²) in [7, 11) is 0. The van der Waals surface area contributed by atoms with Gasteiger partial charge in [0.2, 0.25) is 0 Å². The highest BCUT2D eigenvalue weighted by molar-refractivity contribution is 5.94. The number of aryl methyl sites for hydroxylation is 1. The SMILES string of the molecule is Cc1cc(C(=O)NCC2COCCN2)c(F)cc1F. The smallest absolute Gasteiger partial charge is 0.254 e. The van der Waals surface area contributed by atoms with E-state index in [1.54, 1.807) is 0 Å². The van der Waals surface area contributed by atoms with Crippen LogP contribution >= 0.6 is 0 Å². The molecular formula is C13H16F2N2O2. The quantitative estimate of drug-likeness (QED) is 0.861. The fraction of sp³-hybridized carbons (Fsp3) is 0.462. The summed E-state index contributed by atoms with van der Waals surface area (Å²) in [5.41, 5.74) is 0.0984. The Morgan fingerprint density at radius 3 is 2.95 bits per heavy atom. The topological polar surface area (TPSA) is 50.4 Å². The van der Waals surface area contributed by atoms with Crippen molar-refractivity contribution in [1.82, 2.24) is 10.6 Å². The molecule has 1 aromatic rings. The molecule has 0 aliphatic carbocycles. The molecule has 104 valence electrons. The van der Waals surface area contributed by atoms with Crippen molar-refractivity contribution in [3.8, 4) is 0 Å². The molecule has 0 aromatic heterocycles. The molecule has 1 heterocycles. The highest BCUT2D eigenvalue weighted by Crippen LogP contribution is 2.14. The van der Waals surface area contributed by atoms with Crippen LogP contribution in [0, 0.1) is 18.6 Å². The van der Waals surface area contributed by atoms with E-state index in [0.717, 1.165) is 12.6 Å². The van der Waals surface area contributed by atoms with Crippen LogP contribution in [0.5, 0.6) is 0 Å². The fourth-order valence-electron chi connectivity index (χ4n) is 1.89. The normalized spacial score (nSPS) is 19.2. The lowest BCUT2D eigenvalue weighted by atomic mass is 10.1. The summed E-state index contributed by atoms with van der Waals surface area (Å²) < 4.78 is 31.8. The molecule has 19 heavy (non-hydrogen) atoms. The predicted molar refractivity (Wildman–Crippen MR) is 66.0 cm³/mol. The summed E-state index contributed by atoms with van der Waals surface area (Å²) in [6, 6.07) is 1.96. The molecule has 4 nitrogen and oxygen atoms in total. The van der Waals surface area contributed by atoms with E-state index < -0.39 is 17.5 Å². The van der Waals surface area contributed by atoms with E-state index in [1.165, 1.54) is 13.0 Å². The summed E-state index contributed by atoms with van der Waals surface area (Å²) in [4.78, 5) is 11.8. The highest BCUT2D eigenvalue weighted by Gasteiger charge is 2.17. The Bertz CT molecular complexity index is 474. The number of nitrogens with one attached hydrogen (secondary N) is 2. The zero-order valence-electron chi connectivity index (χ0n) is 10.6. The maximum Gasteiger partial charge on any atom is 0.254 e. The van der Waals surface area contributed by atoms with Gasteiger partial charge in [-0.25, -0.2) is 8.78 Å². The van der Waals surface area contributed by atoms with Crippen LogP contribution in [-0.2, 0) is 4.74 Å². The van der Waals surface area contributed by atoms with E-state index in [2.05, 4.69) is 10.6 Å². The van der Waals surface area contributed by atoms with Gasteiger partial charge >= 0.3 is 0 Å². The van der Waals surface area contributed by atoms with Crippen molar-refractivity contribution in [1.29, 1.82) is 0 Å². The molecule has 1 aliphatic rings. The van der Waals surface area contributed by atoms with Gasteiger partial charge in [0.15, 0.2) is 0 Å². The van der Waals surface area contributed by atoms with Crippen molar-refractivity contribution in [2.24, 2.45) is 0 Å². The molecule has 2 N–H and O–H groups in total. The first-order chi connectivity index (χ1) is 9.08. The number of hydrogen-bond acceptors (Lipinski definition) is 3. The summed E-state index contributed by atoms with van der Waals surface area (Å²) in [5.74, 6) is -2.06. The van der Waals surface area contributed by atoms with Crippen LogP contribution in [-0.4, -0.2) is 38.3 Å². The molecule has 1 saturated heterocycles. The van der Waals surface area contributed by atoms with Crippen LogP contribution in [0.2, 0.25) is 0 Å². The summed E-state index contributed by atoms with van der Waals surface area (Å²) in [6.07, 6.45) is 0. The molecule has 1 amide bonds. The van der Waals surface area contributed by atoms with Gasteiger partial charge in [0.25, 0.3) is 5.91 Å². The molecule has 0 bridgehead atoms. The number of amides is 1. The molecule has 0 spiro atoms. The number of benzene rings is 1. The Kier molecular flexibility index (Phi) is 4.44. The third-order valence-electron chi connectivity index (χ3n) is 3.00. The molecule has 6 heteroatoms. The van der Waals surface area contributed by atoms with Gasteiger partial charge in [-0.2, -0.15) is 0 Å². The first kappa shape index (κ1) is 13.9. The average molecular weight is 270 g/mol. The predicted octanol–water partition coefficient (Wildman–Crippen LogP) is 0.991. The Morgan fingerprint density at radius 1 is 1.47 bits per heavy atom. The molecule has 0 saturated carbocycles. The zero-order valence-corrected chi connectivity index (χ0v) is 10.6. The Balaban J connectivity index is 1.97. The van der Waals surface area contributed by atoms with Gasteiger partial charge in [-0.1, -0.05) is 0 Å². The number of halogens is 2. The maximum absolute atomic E-state index is 13.5. The van der Waals surface area contributed by atoms with Gasteiger partial charge in [0, 0.05) is 25.2 Å². The van der Waals surface area contributed by atoms with Crippen LogP contribution in [0.3, 0.4) is 0 Å². The van der Waals surface area contributed by atoms with Crippen molar-refractivity contribution in [2.75, 3.05) is 26.3 Å². The fourth-order valence-corrected chi connectivity index (χ4v) is 1.89. The lowest BCUT2D eigenvalue weighted by Crippen LogP contribution is -2.48. The summed E-state index contributed by atoms with van der Waals surface area (Å²) in [5, 5.41) is 5.78. The molecular weight excluding hydrogens is 254 g/mol. The lowest BCUT2D eigenvalue weighted by molar-refractivity contribution is 0.0734. The summed E-state index contributed by atoms with van der Waals surface area (Å²) >= 11 is 0. The van der Waals surface area contributed by atoms with Gasteiger partial charge in [0.1, 0.15) is 11.6 Å². The molecule has 2 rings (SSSR count). The molecule has 1 fully saturated rings. The zero-order chi connectivity index (χ0) is 13.8. The third-order valence-corrected chi connectivity index (χ3v) is 3.00. The van der Waals surface area contributed by atoms with E-state index in [4.69, 9.17) is 4.74 Å². The van der Waals surface area contributed by atoms with Crippen LogP contribution in [0.25, 0.3) is 0 Å². The number of ether oxygens (including phenoxy) is 1.